The van der Waals surface area contributed by atoms with Gasteiger partial charge in [-0.2, -0.15) is 0 Å². The van der Waals surface area contributed by atoms with Crippen LogP contribution in [0.25, 0.3) is 6.08 Å². The maximum atomic E-state index is 13.9. The number of fused-ring (bicyclic) bond motifs is 1. The van der Waals surface area contributed by atoms with E-state index in [0.29, 0.717) is 36.3 Å². The summed E-state index contributed by atoms with van der Waals surface area (Å²) in [6, 6.07) is 6.59. The molecule has 6 nitrogen and oxygen atoms in total. The van der Waals surface area contributed by atoms with Crippen LogP contribution in [0.2, 0.25) is 0 Å². The van der Waals surface area contributed by atoms with E-state index in [2.05, 4.69) is 10.1 Å². The number of amides is 1. The maximum Gasteiger partial charge on any atom is 0.340 e. The van der Waals surface area contributed by atoms with E-state index in [9.17, 15) is 18.4 Å². The van der Waals surface area contributed by atoms with Gasteiger partial charge in [0.25, 0.3) is 0 Å². The Balaban J connectivity index is 1.74. The number of carbonyl (C=O) groups is 2. The van der Waals surface area contributed by atoms with Crippen molar-refractivity contribution in [3.05, 3.63) is 59.2 Å². The van der Waals surface area contributed by atoms with Gasteiger partial charge in [-0.3, -0.25) is 4.79 Å². The van der Waals surface area contributed by atoms with Gasteiger partial charge in [0.1, 0.15) is 11.6 Å². The standard InChI is InChI=1S/C20H17F2NO5/c1-26-20(25)13-10-16(15(22)11-14(13)21)23-19(24)6-4-12-3-5-17-18(9-12)28-8-2-7-27-17/h3-6,9-11H,2,7-8H2,1H3,(H,23,24)/b6-4+. The van der Waals surface area contributed by atoms with Crippen LogP contribution < -0.4 is 14.8 Å². The first-order chi connectivity index (χ1) is 13.5. The van der Waals surface area contributed by atoms with Gasteiger partial charge in [0.15, 0.2) is 11.5 Å². The number of hydrogen-bond donors (Lipinski definition) is 1. The topological polar surface area (TPSA) is 73.9 Å². The highest BCUT2D eigenvalue weighted by Gasteiger charge is 2.17. The minimum Gasteiger partial charge on any atom is -0.490 e. The molecule has 146 valence electrons. The fourth-order valence-corrected chi connectivity index (χ4v) is 2.54. The number of benzene rings is 2. The summed E-state index contributed by atoms with van der Waals surface area (Å²) in [5, 5.41) is 2.27. The maximum absolute atomic E-state index is 13.9. The monoisotopic (exact) mass is 389 g/mol. The zero-order valence-corrected chi connectivity index (χ0v) is 15.0. The summed E-state index contributed by atoms with van der Waals surface area (Å²) in [5.74, 6) is -2.52. The van der Waals surface area contributed by atoms with Crippen molar-refractivity contribution in [3.8, 4) is 11.5 Å². The lowest BCUT2D eigenvalue weighted by Crippen LogP contribution is -2.12. The molecule has 8 heteroatoms. The van der Waals surface area contributed by atoms with Gasteiger partial charge < -0.3 is 19.5 Å². The van der Waals surface area contributed by atoms with Crippen LogP contribution >= 0.6 is 0 Å². The van der Waals surface area contributed by atoms with Crippen molar-refractivity contribution in [1.29, 1.82) is 0 Å². The average Bonchev–Trinajstić information content (AvgIpc) is 2.92. The Morgan fingerprint density at radius 3 is 2.57 bits per heavy atom. The molecule has 1 heterocycles. The SMILES string of the molecule is COC(=O)c1cc(NC(=O)/C=C/c2ccc3c(c2)OCCCO3)c(F)cc1F. The molecule has 2 aromatic rings. The van der Waals surface area contributed by atoms with E-state index in [1.165, 1.54) is 12.2 Å². The molecule has 1 aliphatic rings. The molecule has 0 unspecified atom stereocenters. The van der Waals surface area contributed by atoms with E-state index in [1.54, 1.807) is 18.2 Å². The van der Waals surface area contributed by atoms with Crippen molar-refractivity contribution in [2.45, 2.75) is 6.42 Å². The third-order valence-electron chi connectivity index (χ3n) is 3.92. The Kier molecular flexibility index (Phi) is 5.88. The van der Waals surface area contributed by atoms with Crippen LogP contribution in [0.3, 0.4) is 0 Å². The van der Waals surface area contributed by atoms with Crippen molar-refractivity contribution in [3.63, 3.8) is 0 Å². The number of nitrogens with one attached hydrogen (secondary N) is 1. The molecule has 3 rings (SSSR count). The normalized spacial score (nSPS) is 13.1. The minimum atomic E-state index is -1.08. The smallest absolute Gasteiger partial charge is 0.340 e. The summed E-state index contributed by atoms with van der Waals surface area (Å²) >= 11 is 0. The van der Waals surface area contributed by atoms with Gasteiger partial charge in [0, 0.05) is 18.6 Å². The zero-order valence-electron chi connectivity index (χ0n) is 15.0. The molecule has 1 N–H and O–H groups in total. The largest absolute Gasteiger partial charge is 0.490 e. The molecule has 0 aromatic heterocycles. The van der Waals surface area contributed by atoms with Crippen LogP contribution in [-0.2, 0) is 9.53 Å². The molecule has 1 amide bonds. The van der Waals surface area contributed by atoms with Crippen LogP contribution in [0, 0.1) is 11.6 Å². The summed E-state index contributed by atoms with van der Waals surface area (Å²) in [4.78, 5) is 23.6. The zero-order chi connectivity index (χ0) is 20.1. The van der Waals surface area contributed by atoms with Crippen molar-refractivity contribution < 1.29 is 32.6 Å². The summed E-state index contributed by atoms with van der Waals surface area (Å²) in [5.41, 5.74) is -0.143. The molecule has 2 aromatic carbocycles. The molecule has 0 bridgehead atoms. The van der Waals surface area contributed by atoms with Gasteiger partial charge in [0.05, 0.1) is 31.6 Å². The number of anilines is 1. The van der Waals surface area contributed by atoms with E-state index < -0.39 is 29.1 Å². The van der Waals surface area contributed by atoms with Gasteiger partial charge in [-0.15, -0.1) is 0 Å². The van der Waals surface area contributed by atoms with Crippen molar-refractivity contribution >= 4 is 23.6 Å². The third-order valence-corrected chi connectivity index (χ3v) is 3.92. The number of rotatable bonds is 4. The predicted octanol–water partition coefficient (Wildman–Crippen LogP) is 3.56. The molecule has 0 saturated carbocycles. The number of ether oxygens (including phenoxy) is 3. The number of halogens is 2. The number of hydrogen-bond acceptors (Lipinski definition) is 5. The first-order valence-electron chi connectivity index (χ1n) is 8.44. The Morgan fingerprint density at radius 1 is 1.07 bits per heavy atom. The predicted molar refractivity (Wildman–Crippen MR) is 97.4 cm³/mol. The van der Waals surface area contributed by atoms with E-state index in [1.807, 2.05) is 0 Å². The second-order valence-corrected chi connectivity index (χ2v) is 5.88. The molecule has 28 heavy (non-hydrogen) atoms. The van der Waals surface area contributed by atoms with E-state index in [4.69, 9.17) is 9.47 Å². The minimum absolute atomic E-state index is 0.338. The Morgan fingerprint density at radius 2 is 1.82 bits per heavy atom. The van der Waals surface area contributed by atoms with Gasteiger partial charge in [-0.25, -0.2) is 13.6 Å². The van der Waals surface area contributed by atoms with Crippen LogP contribution in [0.4, 0.5) is 14.5 Å². The highest BCUT2D eigenvalue weighted by molar-refractivity contribution is 6.02. The summed E-state index contributed by atoms with van der Waals surface area (Å²) in [6.07, 6.45) is 3.46. The first kappa shape index (κ1) is 19.3. The van der Waals surface area contributed by atoms with Crippen LogP contribution in [0.5, 0.6) is 11.5 Å². The van der Waals surface area contributed by atoms with Gasteiger partial charge >= 0.3 is 5.97 Å². The number of carbonyl (C=O) groups excluding carboxylic acids is 2. The lowest BCUT2D eigenvalue weighted by Gasteiger charge is -2.08. The Hall–Kier alpha value is -3.42. The van der Waals surface area contributed by atoms with E-state index >= 15 is 0 Å². The van der Waals surface area contributed by atoms with E-state index in [-0.39, 0.29) is 5.69 Å². The third kappa shape index (κ3) is 4.46. The highest BCUT2D eigenvalue weighted by Crippen LogP contribution is 2.30. The summed E-state index contributed by atoms with van der Waals surface area (Å²) in [6.45, 7) is 1.11. The van der Waals surface area contributed by atoms with Crippen molar-refractivity contribution in [2.75, 3.05) is 25.6 Å². The number of methoxy groups -OCH3 is 1. The highest BCUT2D eigenvalue weighted by atomic mass is 19.1. The molecule has 0 aliphatic carbocycles. The molecule has 0 saturated heterocycles. The van der Waals surface area contributed by atoms with Gasteiger partial charge in [-0.1, -0.05) is 6.07 Å². The molecule has 1 aliphatic heterocycles. The molecule has 0 radical (unpaired) electrons. The Labute approximate surface area is 159 Å². The quantitative estimate of drug-likeness (QED) is 0.639. The lowest BCUT2D eigenvalue weighted by molar-refractivity contribution is -0.111. The molecular weight excluding hydrogens is 372 g/mol. The van der Waals surface area contributed by atoms with Gasteiger partial charge in [0.2, 0.25) is 5.91 Å². The summed E-state index contributed by atoms with van der Waals surface area (Å²) < 4.78 is 43.1. The lowest BCUT2D eigenvalue weighted by atomic mass is 10.1. The van der Waals surface area contributed by atoms with Crippen LogP contribution in [0.15, 0.2) is 36.4 Å². The molecule has 0 fully saturated rings. The molecule has 0 spiro atoms. The van der Waals surface area contributed by atoms with Gasteiger partial charge in [-0.05, 0) is 29.8 Å². The van der Waals surface area contributed by atoms with Crippen LogP contribution in [0.1, 0.15) is 22.3 Å². The molecular formula is C20H17F2NO5. The Bertz CT molecular complexity index is 942. The summed E-state index contributed by atoms with van der Waals surface area (Å²) in [7, 11) is 1.07. The average molecular weight is 389 g/mol. The first-order valence-corrected chi connectivity index (χ1v) is 8.44. The van der Waals surface area contributed by atoms with E-state index in [0.717, 1.165) is 19.6 Å². The molecule has 0 atom stereocenters. The van der Waals surface area contributed by atoms with Crippen molar-refractivity contribution in [2.24, 2.45) is 0 Å². The number of esters is 1. The second kappa shape index (κ2) is 8.51. The fourth-order valence-electron chi connectivity index (χ4n) is 2.54. The second-order valence-electron chi connectivity index (χ2n) is 5.88. The van der Waals surface area contributed by atoms with Crippen LogP contribution in [-0.4, -0.2) is 32.2 Å². The van der Waals surface area contributed by atoms with Crippen molar-refractivity contribution in [1.82, 2.24) is 0 Å². The fraction of sp³-hybridized carbons (Fsp3) is 0.200.